The molecule has 1 heterocycles. The SMILES string of the molecule is CCC/C=N/NC(=O)c1cccnc1. The lowest BCUT2D eigenvalue weighted by molar-refractivity contribution is 0.0954. The van der Waals surface area contributed by atoms with Crippen LogP contribution in [-0.4, -0.2) is 17.1 Å². The maximum Gasteiger partial charge on any atom is 0.272 e. The number of hydrazone groups is 1. The Morgan fingerprint density at radius 1 is 1.71 bits per heavy atom. The first-order chi connectivity index (χ1) is 6.84. The van der Waals surface area contributed by atoms with Gasteiger partial charge >= 0.3 is 0 Å². The van der Waals surface area contributed by atoms with Crippen LogP contribution in [0.2, 0.25) is 0 Å². The van der Waals surface area contributed by atoms with E-state index in [1.54, 1.807) is 24.5 Å². The molecule has 0 fully saturated rings. The van der Waals surface area contributed by atoms with Crippen LogP contribution in [0.5, 0.6) is 0 Å². The monoisotopic (exact) mass is 191 g/mol. The molecule has 1 N–H and O–H groups in total. The summed E-state index contributed by atoms with van der Waals surface area (Å²) in [6.07, 6.45) is 6.70. The van der Waals surface area contributed by atoms with Gasteiger partial charge in [-0.05, 0) is 18.6 Å². The fraction of sp³-hybridized carbons (Fsp3) is 0.300. The summed E-state index contributed by atoms with van der Waals surface area (Å²) in [6, 6.07) is 3.41. The Balaban J connectivity index is 2.44. The largest absolute Gasteiger partial charge is 0.272 e. The number of hydrogen-bond acceptors (Lipinski definition) is 3. The molecule has 0 unspecified atom stereocenters. The molecule has 0 aliphatic carbocycles. The summed E-state index contributed by atoms with van der Waals surface area (Å²) >= 11 is 0. The highest BCUT2D eigenvalue weighted by Crippen LogP contribution is 1.94. The van der Waals surface area contributed by atoms with Gasteiger partial charge in [0, 0.05) is 18.6 Å². The van der Waals surface area contributed by atoms with E-state index in [1.807, 2.05) is 0 Å². The van der Waals surface area contributed by atoms with Crippen LogP contribution in [-0.2, 0) is 0 Å². The summed E-state index contributed by atoms with van der Waals surface area (Å²) < 4.78 is 0. The van der Waals surface area contributed by atoms with Gasteiger partial charge in [-0.2, -0.15) is 5.10 Å². The molecule has 0 aliphatic rings. The zero-order valence-electron chi connectivity index (χ0n) is 8.10. The molecule has 0 saturated heterocycles. The van der Waals surface area contributed by atoms with E-state index in [4.69, 9.17) is 0 Å². The van der Waals surface area contributed by atoms with Crippen molar-refractivity contribution in [2.45, 2.75) is 19.8 Å². The molecular weight excluding hydrogens is 178 g/mol. The minimum Gasteiger partial charge on any atom is -0.267 e. The zero-order valence-corrected chi connectivity index (χ0v) is 8.10. The molecular formula is C10H13N3O. The predicted octanol–water partition coefficient (Wildman–Crippen LogP) is 1.60. The van der Waals surface area contributed by atoms with E-state index in [-0.39, 0.29) is 5.91 Å². The van der Waals surface area contributed by atoms with Crippen LogP contribution in [0.1, 0.15) is 30.1 Å². The van der Waals surface area contributed by atoms with Gasteiger partial charge in [-0.3, -0.25) is 9.78 Å². The van der Waals surface area contributed by atoms with Gasteiger partial charge in [0.05, 0.1) is 5.56 Å². The van der Waals surface area contributed by atoms with E-state index in [9.17, 15) is 4.79 Å². The summed E-state index contributed by atoms with van der Waals surface area (Å²) in [6.45, 7) is 2.05. The molecule has 0 aromatic carbocycles. The fourth-order valence-electron chi connectivity index (χ4n) is 0.860. The van der Waals surface area contributed by atoms with Crippen molar-refractivity contribution in [2.75, 3.05) is 0 Å². The molecule has 4 nitrogen and oxygen atoms in total. The van der Waals surface area contributed by atoms with Crippen molar-refractivity contribution in [1.29, 1.82) is 0 Å². The molecule has 14 heavy (non-hydrogen) atoms. The summed E-state index contributed by atoms with van der Waals surface area (Å²) in [7, 11) is 0. The number of amides is 1. The Morgan fingerprint density at radius 2 is 2.57 bits per heavy atom. The van der Waals surface area contributed by atoms with Gasteiger partial charge in [-0.25, -0.2) is 5.43 Å². The number of hydrogen-bond donors (Lipinski definition) is 1. The van der Waals surface area contributed by atoms with Gasteiger partial charge in [0.25, 0.3) is 5.91 Å². The van der Waals surface area contributed by atoms with Crippen molar-refractivity contribution < 1.29 is 4.79 Å². The molecule has 74 valence electrons. The molecule has 1 aromatic heterocycles. The normalized spacial score (nSPS) is 10.4. The molecule has 0 saturated carbocycles. The summed E-state index contributed by atoms with van der Waals surface area (Å²) in [5, 5.41) is 3.79. The molecule has 1 rings (SSSR count). The standard InChI is InChI=1S/C10H13N3O/c1-2-3-7-12-13-10(14)9-5-4-6-11-8-9/h4-8H,2-3H2,1H3,(H,13,14)/b12-7+. The van der Waals surface area contributed by atoms with Crippen LogP contribution in [0.25, 0.3) is 0 Å². The lowest BCUT2D eigenvalue weighted by Crippen LogP contribution is -2.17. The molecule has 0 aliphatic heterocycles. The fourth-order valence-corrected chi connectivity index (χ4v) is 0.860. The van der Waals surface area contributed by atoms with Gasteiger partial charge in [-0.1, -0.05) is 13.3 Å². The van der Waals surface area contributed by atoms with Gasteiger partial charge in [0.15, 0.2) is 0 Å². The summed E-state index contributed by atoms with van der Waals surface area (Å²) in [4.78, 5) is 15.2. The highest BCUT2D eigenvalue weighted by molar-refractivity contribution is 5.93. The van der Waals surface area contributed by atoms with Crippen molar-refractivity contribution >= 4 is 12.1 Å². The number of pyridine rings is 1. The average Bonchev–Trinajstić information content (AvgIpc) is 2.25. The highest BCUT2D eigenvalue weighted by Gasteiger charge is 2.01. The van der Waals surface area contributed by atoms with Crippen LogP contribution < -0.4 is 5.43 Å². The number of rotatable bonds is 4. The quantitative estimate of drug-likeness (QED) is 0.580. The maximum atomic E-state index is 11.3. The minimum atomic E-state index is -0.231. The van der Waals surface area contributed by atoms with Crippen LogP contribution in [0, 0.1) is 0 Å². The van der Waals surface area contributed by atoms with E-state index < -0.39 is 0 Å². The zero-order chi connectivity index (χ0) is 10.2. The molecule has 0 atom stereocenters. The molecule has 0 bridgehead atoms. The molecule has 1 amide bonds. The topological polar surface area (TPSA) is 54.4 Å². The van der Waals surface area contributed by atoms with Crippen molar-refractivity contribution in [2.24, 2.45) is 5.10 Å². The van der Waals surface area contributed by atoms with E-state index in [0.29, 0.717) is 5.56 Å². The first-order valence-corrected chi connectivity index (χ1v) is 4.56. The summed E-state index contributed by atoms with van der Waals surface area (Å²) in [5.74, 6) is -0.231. The van der Waals surface area contributed by atoms with Crippen molar-refractivity contribution in [3.05, 3.63) is 30.1 Å². The lowest BCUT2D eigenvalue weighted by atomic mass is 10.3. The number of carbonyl (C=O) groups excluding carboxylic acids is 1. The second kappa shape index (κ2) is 5.85. The van der Waals surface area contributed by atoms with Gasteiger partial charge in [0.1, 0.15) is 0 Å². The summed E-state index contributed by atoms with van der Waals surface area (Å²) in [5.41, 5.74) is 2.94. The Bertz CT molecular complexity index is 308. The van der Waals surface area contributed by atoms with Crippen LogP contribution >= 0.6 is 0 Å². The van der Waals surface area contributed by atoms with E-state index in [2.05, 4.69) is 22.4 Å². The smallest absolute Gasteiger partial charge is 0.267 e. The Kier molecular flexibility index (Phi) is 4.34. The third-order valence-corrected chi connectivity index (χ3v) is 1.60. The molecule has 4 heteroatoms. The third kappa shape index (κ3) is 3.35. The molecule has 0 spiro atoms. The average molecular weight is 191 g/mol. The molecule has 0 radical (unpaired) electrons. The minimum absolute atomic E-state index is 0.231. The van der Waals surface area contributed by atoms with Crippen molar-refractivity contribution in [3.63, 3.8) is 0 Å². The second-order valence-electron chi connectivity index (χ2n) is 2.78. The van der Waals surface area contributed by atoms with E-state index >= 15 is 0 Å². The Hall–Kier alpha value is -1.71. The van der Waals surface area contributed by atoms with Gasteiger partial charge in [-0.15, -0.1) is 0 Å². The number of aromatic nitrogens is 1. The third-order valence-electron chi connectivity index (χ3n) is 1.60. The van der Waals surface area contributed by atoms with E-state index in [0.717, 1.165) is 12.8 Å². The Morgan fingerprint density at radius 3 is 3.21 bits per heavy atom. The van der Waals surface area contributed by atoms with Crippen LogP contribution in [0.3, 0.4) is 0 Å². The van der Waals surface area contributed by atoms with Gasteiger partial charge in [0.2, 0.25) is 0 Å². The van der Waals surface area contributed by atoms with Gasteiger partial charge < -0.3 is 0 Å². The predicted molar refractivity (Wildman–Crippen MR) is 55.1 cm³/mol. The highest BCUT2D eigenvalue weighted by atomic mass is 16.2. The van der Waals surface area contributed by atoms with Crippen LogP contribution in [0.4, 0.5) is 0 Å². The Labute approximate surface area is 83.1 Å². The number of nitrogens with one attached hydrogen (secondary N) is 1. The maximum absolute atomic E-state index is 11.3. The number of nitrogens with zero attached hydrogens (tertiary/aromatic N) is 2. The lowest BCUT2D eigenvalue weighted by Gasteiger charge is -1.97. The van der Waals surface area contributed by atoms with E-state index in [1.165, 1.54) is 6.20 Å². The van der Waals surface area contributed by atoms with Crippen molar-refractivity contribution in [3.8, 4) is 0 Å². The molecule has 1 aromatic rings. The first kappa shape index (κ1) is 10.4. The first-order valence-electron chi connectivity index (χ1n) is 4.56. The van der Waals surface area contributed by atoms with Crippen LogP contribution in [0.15, 0.2) is 29.6 Å². The van der Waals surface area contributed by atoms with Crippen molar-refractivity contribution in [1.82, 2.24) is 10.4 Å². The second-order valence-corrected chi connectivity index (χ2v) is 2.78. The number of unbranched alkanes of at least 4 members (excludes halogenated alkanes) is 1. The number of carbonyl (C=O) groups is 1.